The molecule has 2 aromatic heterocycles. The number of para-hydroxylation sites is 1. The minimum atomic E-state index is -3.75. The van der Waals surface area contributed by atoms with Crippen molar-refractivity contribution in [3.63, 3.8) is 0 Å². The molecule has 0 atom stereocenters. The summed E-state index contributed by atoms with van der Waals surface area (Å²) in [5.74, 6) is -0.917. The lowest BCUT2D eigenvalue weighted by Gasteiger charge is -2.33. The van der Waals surface area contributed by atoms with Gasteiger partial charge in [0.25, 0.3) is 0 Å². The van der Waals surface area contributed by atoms with Crippen LogP contribution in [0.4, 0.5) is 9.52 Å². The van der Waals surface area contributed by atoms with Gasteiger partial charge in [-0.15, -0.1) is 0 Å². The van der Waals surface area contributed by atoms with Gasteiger partial charge in [0.15, 0.2) is 5.13 Å². The molecule has 4 aromatic rings. The molecule has 37 heavy (non-hydrogen) atoms. The highest BCUT2D eigenvalue weighted by Gasteiger charge is 2.35. The third-order valence-corrected chi connectivity index (χ3v) is 9.63. The number of halogens is 1. The first-order chi connectivity index (χ1) is 17.9. The van der Waals surface area contributed by atoms with Crippen molar-refractivity contribution in [2.45, 2.75) is 37.6 Å². The molecule has 0 radical (unpaired) electrons. The second-order valence-electron chi connectivity index (χ2n) is 8.99. The van der Waals surface area contributed by atoms with Gasteiger partial charge in [-0.2, -0.15) is 4.31 Å². The van der Waals surface area contributed by atoms with E-state index in [0.717, 1.165) is 40.0 Å². The maximum atomic E-state index is 13.9. The first-order valence-corrected chi connectivity index (χ1v) is 14.5. The molecule has 0 unspecified atom stereocenters. The highest BCUT2D eigenvalue weighted by atomic mass is 32.2. The van der Waals surface area contributed by atoms with E-state index >= 15 is 0 Å². The zero-order chi connectivity index (χ0) is 26.0. The Labute approximate surface area is 219 Å². The fraction of sp³-hybridized carbons (Fsp3) is 0.296. The molecule has 1 aliphatic rings. The van der Waals surface area contributed by atoms with Gasteiger partial charge < -0.3 is 0 Å². The van der Waals surface area contributed by atoms with Gasteiger partial charge in [-0.25, -0.2) is 17.8 Å². The molecule has 1 saturated heterocycles. The molecule has 0 bridgehead atoms. The van der Waals surface area contributed by atoms with Gasteiger partial charge in [0, 0.05) is 25.2 Å². The van der Waals surface area contributed by atoms with Crippen molar-refractivity contribution in [3.8, 4) is 0 Å². The number of anilines is 1. The lowest BCUT2D eigenvalue weighted by Crippen LogP contribution is -2.44. The number of fused-ring (bicyclic) bond motifs is 1. The number of sulfonamides is 1. The van der Waals surface area contributed by atoms with Gasteiger partial charge >= 0.3 is 0 Å². The summed E-state index contributed by atoms with van der Waals surface area (Å²) in [5.41, 5.74) is 2.79. The second-order valence-corrected chi connectivity index (χ2v) is 11.9. The van der Waals surface area contributed by atoms with Crippen molar-refractivity contribution in [1.82, 2.24) is 14.3 Å². The quantitative estimate of drug-likeness (QED) is 0.330. The number of hydrogen-bond donors (Lipinski definition) is 0. The van der Waals surface area contributed by atoms with Crippen LogP contribution in [-0.4, -0.2) is 41.7 Å². The van der Waals surface area contributed by atoms with Crippen LogP contribution in [0.2, 0.25) is 0 Å². The Kier molecular flexibility index (Phi) is 7.32. The van der Waals surface area contributed by atoms with Crippen LogP contribution in [0.15, 0.2) is 71.8 Å². The van der Waals surface area contributed by atoms with Crippen molar-refractivity contribution in [3.05, 3.63) is 83.9 Å². The minimum absolute atomic E-state index is 0.0525. The van der Waals surface area contributed by atoms with E-state index in [1.165, 1.54) is 27.8 Å². The average molecular weight is 539 g/mol. The Bertz CT molecular complexity index is 1500. The zero-order valence-electron chi connectivity index (χ0n) is 20.4. The number of amides is 1. The summed E-state index contributed by atoms with van der Waals surface area (Å²) in [6.07, 6.45) is 3.33. The fourth-order valence-electron chi connectivity index (χ4n) is 4.61. The smallest absolute Gasteiger partial charge is 0.243 e. The van der Waals surface area contributed by atoms with E-state index in [2.05, 4.69) is 11.9 Å². The minimum Gasteiger partial charge on any atom is -0.282 e. The van der Waals surface area contributed by atoms with Crippen molar-refractivity contribution in [2.24, 2.45) is 5.92 Å². The van der Waals surface area contributed by atoms with Crippen LogP contribution in [0.25, 0.3) is 10.2 Å². The molecule has 1 aliphatic heterocycles. The van der Waals surface area contributed by atoms with Crippen LogP contribution in [0.1, 0.15) is 31.0 Å². The predicted molar refractivity (Wildman–Crippen MR) is 142 cm³/mol. The van der Waals surface area contributed by atoms with Gasteiger partial charge in [0.2, 0.25) is 15.9 Å². The first-order valence-electron chi connectivity index (χ1n) is 12.2. The maximum Gasteiger partial charge on any atom is 0.243 e. The summed E-state index contributed by atoms with van der Waals surface area (Å²) in [6, 6.07) is 16.5. The van der Waals surface area contributed by atoms with Crippen LogP contribution < -0.4 is 4.90 Å². The number of piperidine rings is 1. The van der Waals surface area contributed by atoms with Crippen molar-refractivity contribution >= 4 is 42.6 Å². The number of aromatic nitrogens is 2. The van der Waals surface area contributed by atoms with E-state index in [1.807, 2.05) is 36.4 Å². The lowest BCUT2D eigenvalue weighted by atomic mass is 9.96. The molecule has 0 aliphatic carbocycles. The normalized spacial score (nSPS) is 15.2. The van der Waals surface area contributed by atoms with Crippen LogP contribution in [-0.2, 0) is 27.8 Å². The number of benzene rings is 2. The molecule has 0 spiro atoms. The highest BCUT2D eigenvalue weighted by Crippen LogP contribution is 2.34. The van der Waals surface area contributed by atoms with Crippen molar-refractivity contribution < 1.29 is 17.6 Å². The Hall–Kier alpha value is -3.21. The van der Waals surface area contributed by atoms with Crippen LogP contribution in [0.3, 0.4) is 0 Å². The molecule has 0 N–H and O–H groups in total. The molecule has 2 aromatic carbocycles. The van der Waals surface area contributed by atoms with E-state index < -0.39 is 15.8 Å². The van der Waals surface area contributed by atoms with Crippen LogP contribution >= 0.6 is 11.3 Å². The molecule has 1 amide bonds. The highest BCUT2D eigenvalue weighted by molar-refractivity contribution is 7.89. The Balaban J connectivity index is 1.38. The molecule has 1 fully saturated rings. The van der Waals surface area contributed by atoms with E-state index in [1.54, 1.807) is 11.1 Å². The van der Waals surface area contributed by atoms with E-state index in [0.29, 0.717) is 18.0 Å². The number of aryl methyl sites for hydroxylation is 1. The summed E-state index contributed by atoms with van der Waals surface area (Å²) in [5, 5.41) is 0.618. The molecule has 7 nitrogen and oxygen atoms in total. The Morgan fingerprint density at radius 3 is 2.51 bits per heavy atom. The van der Waals surface area contributed by atoms with Crippen molar-refractivity contribution in [1.29, 1.82) is 0 Å². The Morgan fingerprint density at radius 2 is 1.84 bits per heavy atom. The molecule has 0 saturated carbocycles. The lowest BCUT2D eigenvalue weighted by molar-refractivity contribution is -0.123. The SMILES string of the molecule is CCc1cccc2sc(N(Cc3ccccn3)C(=O)C3CCN(S(=O)(=O)c4ccc(F)cc4)CC3)nc12. The average Bonchev–Trinajstić information content (AvgIpc) is 3.36. The first kappa shape index (κ1) is 25.4. The molecular formula is C27H27FN4O3S2. The van der Waals surface area contributed by atoms with Gasteiger partial charge in [0.1, 0.15) is 5.82 Å². The molecule has 3 heterocycles. The van der Waals surface area contributed by atoms with Gasteiger partial charge in [-0.05, 0) is 67.3 Å². The summed E-state index contributed by atoms with van der Waals surface area (Å²) < 4.78 is 41.7. The monoisotopic (exact) mass is 538 g/mol. The third kappa shape index (κ3) is 5.27. The maximum absolute atomic E-state index is 13.9. The number of thiazole rings is 1. The van der Waals surface area contributed by atoms with E-state index in [-0.39, 0.29) is 36.4 Å². The molecule has 5 rings (SSSR count). The van der Waals surface area contributed by atoms with Crippen LogP contribution in [0.5, 0.6) is 0 Å². The largest absolute Gasteiger partial charge is 0.282 e. The standard InChI is InChI=1S/C27H27FN4O3S2/c1-2-19-6-5-8-24-25(19)30-27(36-24)32(18-22-7-3-4-15-29-22)26(33)20-13-16-31(17-14-20)37(34,35)23-11-9-21(28)10-12-23/h3-12,15,20H,2,13-14,16-18H2,1H3. The number of carbonyl (C=O) groups excluding carboxylic acids is 1. The zero-order valence-corrected chi connectivity index (χ0v) is 22.0. The molecule has 10 heteroatoms. The summed E-state index contributed by atoms with van der Waals surface area (Å²) in [6.45, 7) is 2.80. The van der Waals surface area contributed by atoms with Crippen molar-refractivity contribution in [2.75, 3.05) is 18.0 Å². The molecular weight excluding hydrogens is 511 g/mol. The van der Waals surface area contributed by atoms with Gasteiger partial charge in [-0.1, -0.05) is 36.5 Å². The second kappa shape index (κ2) is 10.6. The number of carbonyl (C=O) groups is 1. The van der Waals surface area contributed by atoms with Gasteiger partial charge in [-0.3, -0.25) is 14.7 Å². The summed E-state index contributed by atoms with van der Waals surface area (Å²) in [7, 11) is -3.75. The molecule has 192 valence electrons. The number of nitrogens with zero attached hydrogens (tertiary/aromatic N) is 4. The predicted octanol–water partition coefficient (Wildman–Crippen LogP) is 5.03. The number of rotatable bonds is 7. The number of pyridine rings is 1. The summed E-state index contributed by atoms with van der Waals surface area (Å²) in [4.78, 5) is 24.9. The topological polar surface area (TPSA) is 83.5 Å². The van der Waals surface area contributed by atoms with Crippen LogP contribution in [0, 0.1) is 11.7 Å². The fourth-order valence-corrected chi connectivity index (χ4v) is 7.10. The van der Waals surface area contributed by atoms with E-state index in [9.17, 15) is 17.6 Å². The summed E-state index contributed by atoms with van der Waals surface area (Å²) >= 11 is 1.48. The van der Waals surface area contributed by atoms with Gasteiger partial charge in [0.05, 0.1) is 27.4 Å². The van der Waals surface area contributed by atoms with E-state index in [4.69, 9.17) is 4.98 Å². The third-order valence-electron chi connectivity index (χ3n) is 6.67. The number of hydrogen-bond acceptors (Lipinski definition) is 6. The Morgan fingerprint density at radius 1 is 1.08 bits per heavy atom.